The number of hydrogen-bond acceptors (Lipinski definition) is 5. The van der Waals surface area contributed by atoms with Crippen LogP contribution in [0.5, 0.6) is 0 Å². The van der Waals surface area contributed by atoms with Gasteiger partial charge in [0.25, 0.3) is 0 Å². The van der Waals surface area contributed by atoms with Crippen molar-refractivity contribution < 1.29 is 31.7 Å². The number of halogens is 3. The lowest BCUT2D eigenvalue weighted by Crippen LogP contribution is -2.74. The molecule has 0 aromatic heterocycles. The van der Waals surface area contributed by atoms with E-state index in [9.17, 15) is 27.0 Å². The molecule has 0 bridgehead atoms. The summed E-state index contributed by atoms with van der Waals surface area (Å²) in [5, 5.41) is 2.75. The number of amides is 3. The number of likely N-dealkylation sites (tertiary alicyclic amines) is 2. The van der Waals surface area contributed by atoms with Gasteiger partial charge in [0.05, 0.1) is 18.0 Å². The number of nitrogens with one attached hydrogen (secondary N) is 2. The van der Waals surface area contributed by atoms with Crippen LogP contribution in [0.4, 0.5) is 22.8 Å². The van der Waals surface area contributed by atoms with Crippen molar-refractivity contribution in [1.82, 2.24) is 15.1 Å². The zero-order valence-corrected chi connectivity index (χ0v) is 17.9. The van der Waals surface area contributed by atoms with Crippen molar-refractivity contribution in [3.63, 3.8) is 0 Å². The molecule has 3 heterocycles. The number of carbonyl (C=O) groups is 2. The van der Waals surface area contributed by atoms with Gasteiger partial charge in [0.1, 0.15) is 12.1 Å². The van der Waals surface area contributed by atoms with Gasteiger partial charge in [0.15, 0.2) is 9.73 Å². The Morgan fingerprint density at radius 3 is 2.47 bits per heavy atom. The molecule has 5 rings (SSSR count). The number of nitrogens with zero attached hydrogens (tertiary/aromatic N) is 2. The van der Waals surface area contributed by atoms with Crippen LogP contribution in [0.3, 0.4) is 0 Å². The highest BCUT2D eigenvalue weighted by molar-refractivity contribution is 7.93. The van der Waals surface area contributed by atoms with Crippen LogP contribution in [0.1, 0.15) is 18.4 Å². The zero-order valence-electron chi connectivity index (χ0n) is 17.1. The summed E-state index contributed by atoms with van der Waals surface area (Å²) < 4.78 is 62.8. The van der Waals surface area contributed by atoms with Gasteiger partial charge < -0.3 is 19.9 Å². The quantitative estimate of drug-likeness (QED) is 0.706. The van der Waals surface area contributed by atoms with Gasteiger partial charge in [-0.15, -0.1) is 0 Å². The summed E-state index contributed by atoms with van der Waals surface area (Å²) in [6, 6.07) is 5.39. The maximum absolute atomic E-state index is 12.9. The maximum atomic E-state index is 12.9. The molecule has 4 aliphatic rings. The van der Waals surface area contributed by atoms with Crippen LogP contribution in [-0.4, -0.2) is 70.0 Å². The van der Waals surface area contributed by atoms with E-state index in [1.807, 2.05) is 0 Å². The van der Waals surface area contributed by atoms with E-state index >= 15 is 0 Å². The molecule has 12 heteroatoms. The fraction of sp³-hybridized carbons (Fsp3) is 0.600. The fourth-order valence-corrected chi connectivity index (χ4v) is 6.32. The zero-order chi connectivity index (χ0) is 22.9. The lowest BCUT2D eigenvalue weighted by Gasteiger charge is -2.61. The average Bonchev–Trinajstić information content (AvgIpc) is 3.02. The molecule has 1 aromatic carbocycles. The van der Waals surface area contributed by atoms with Crippen molar-refractivity contribution in [2.45, 2.75) is 35.2 Å². The second-order valence-electron chi connectivity index (χ2n) is 9.60. The molecule has 1 saturated carbocycles. The summed E-state index contributed by atoms with van der Waals surface area (Å²) >= 11 is 0. The number of alkyl carbamates (subject to hydrolysis) is 1. The highest BCUT2D eigenvalue weighted by Gasteiger charge is 2.57. The van der Waals surface area contributed by atoms with Crippen LogP contribution in [-0.2, 0) is 20.9 Å². The number of urea groups is 1. The number of benzene rings is 1. The Hall–Kier alpha value is -2.50. The summed E-state index contributed by atoms with van der Waals surface area (Å²) in [6.07, 6.45) is 1.87. The Morgan fingerprint density at radius 1 is 1.22 bits per heavy atom. The minimum atomic E-state index is -5.10. The molecule has 3 amide bonds. The van der Waals surface area contributed by atoms with Crippen molar-refractivity contribution in [3.05, 3.63) is 29.8 Å². The SMILES string of the molecule is N=[S@@](=O)(c1cccc(CC2CC3(C2)CN(C(=O)N2CC4(COC(=O)N4)C2)C3)c1)C(F)(F)F. The molecule has 4 fully saturated rings. The number of alkyl halides is 3. The Balaban J connectivity index is 1.11. The van der Waals surface area contributed by atoms with Crippen molar-refractivity contribution in [3.8, 4) is 0 Å². The average molecular weight is 472 g/mol. The van der Waals surface area contributed by atoms with E-state index in [4.69, 9.17) is 9.52 Å². The minimum absolute atomic E-state index is 0.0455. The molecule has 174 valence electrons. The first kappa shape index (κ1) is 21.4. The lowest BCUT2D eigenvalue weighted by atomic mass is 9.56. The van der Waals surface area contributed by atoms with Crippen LogP contribution in [0.25, 0.3) is 0 Å². The Labute approximate surface area is 183 Å². The van der Waals surface area contributed by atoms with Gasteiger partial charge in [-0.1, -0.05) is 12.1 Å². The first-order valence-corrected chi connectivity index (χ1v) is 11.9. The van der Waals surface area contributed by atoms with Gasteiger partial charge >= 0.3 is 17.6 Å². The molecule has 1 atom stereocenters. The smallest absolute Gasteiger partial charge is 0.447 e. The second-order valence-corrected chi connectivity index (χ2v) is 11.7. The molecule has 2 spiro atoms. The third kappa shape index (κ3) is 3.39. The number of cyclic esters (lactones) is 1. The van der Waals surface area contributed by atoms with Gasteiger partial charge in [0, 0.05) is 18.5 Å². The normalized spacial score (nSPS) is 25.4. The van der Waals surface area contributed by atoms with E-state index in [2.05, 4.69) is 5.32 Å². The van der Waals surface area contributed by atoms with Crippen molar-refractivity contribution in [2.24, 2.45) is 11.3 Å². The molecular weight excluding hydrogens is 449 g/mol. The van der Waals surface area contributed by atoms with Crippen molar-refractivity contribution in [1.29, 1.82) is 4.78 Å². The Bertz CT molecular complexity index is 1070. The molecule has 2 N–H and O–H groups in total. The monoisotopic (exact) mass is 472 g/mol. The number of ether oxygens (including phenoxy) is 1. The molecule has 32 heavy (non-hydrogen) atoms. The van der Waals surface area contributed by atoms with Crippen LogP contribution in [0, 0.1) is 16.1 Å². The van der Waals surface area contributed by atoms with Crippen LogP contribution >= 0.6 is 0 Å². The number of rotatable bonds is 3. The highest BCUT2D eigenvalue weighted by atomic mass is 32.2. The van der Waals surface area contributed by atoms with Crippen molar-refractivity contribution >= 4 is 21.9 Å². The van der Waals surface area contributed by atoms with E-state index < -0.39 is 31.8 Å². The standard InChI is InChI=1S/C20H23F3N4O4S/c21-20(22,23)32(24,30)15-3-1-2-13(5-15)4-14-6-18(7-14)8-26(9-18)17(29)27-10-19(11-27)12-31-16(28)25-19/h1-3,5,14,24H,4,6-12H2,(H,25,28)/t32-/m1/s1. The molecule has 3 saturated heterocycles. The molecule has 1 aromatic rings. The summed E-state index contributed by atoms with van der Waals surface area (Å²) in [6.45, 7) is 2.47. The molecule has 0 unspecified atom stereocenters. The maximum Gasteiger partial charge on any atom is 0.483 e. The van der Waals surface area contributed by atoms with E-state index in [-0.39, 0.29) is 24.0 Å². The molecule has 3 aliphatic heterocycles. The molecule has 0 radical (unpaired) electrons. The van der Waals surface area contributed by atoms with Crippen LogP contribution in [0.2, 0.25) is 0 Å². The topological polar surface area (TPSA) is 103 Å². The van der Waals surface area contributed by atoms with Gasteiger partial charge in [-0.05, 0) is 42.9 Å². The van der Waals surface area contributed by atoms with Gasteiger partial charge in [-0.3, -0.25) is 0 Å². The Morgan fingerprint density at radius 2 is 1.88 bits per heavy atom. The number of carbonyl (C=O) groups excluding carboxylic acids is 2. The Kier molecular flexibility index (Phi) is 4.50. The fourth-order valence-electron chi connectivity index (χ4n) is 5.47. The molecule has 8 nitrogen and oxygen atoms in total. The van der Waals surface area contributed by atoms with Gasteiger partial charge in [-0.2, -0.15) is 13.2 Å². The van der Waals surface area contributed by atoms with E-state index in [1.54, 1.807) is 15.9 Å². The first-order valence-electron chi connectivity index (χ1n) is 10.3. The predicted molar refractivity (Wildman–Crippen MR) is 106 cm³/mol. The van der Waals surface area contributed by atoms with E-state index in [0.29, 0.717) is 38.2 Å². The lowest BCUT2D eigenvalue weighted by molar-refractivity contribution is -0.0827. The van der Waals surface area contributed by atoms with Crippen molar-refractivity contribution in [2.75, 3.05) is 32.8 Å². The molecule has 1 aliphatic carbocycles. The van der Waals surface area contributed by atoms with E-state index in [1.165, 1.54) is 12.1 Å². The van der Waals surface area contributed by atoms with E-state index in [0.717, 1.165) is 18.9 Å². The largest absolute Gasteiger partial charge is 0.483 e. The predicted octanol–water partition coefficient (Wildman–Crippen LogP) is 2.78. The van der Waals surface area contributed by atoms with Crippen LogP contribution in [0.15, 0.2) is 29.2 Å². The first-order chi connectivity index (χ1) is 14.9. The second kappa shape index (κ2) is 6.75. The number of hydrogen-bond donors (Lipinski definition) is 2. The summed E-state index contributed by atoms with van der Waals surface area (Å²) in [5.41, 5.74) is -4.83. The highest BCUT2D eigenvalue weighted by Crippen LogP contribution is 2.53. The summed E-state index contributed by atoms with van der Waals surface area (Å²) in [4.78, 5) is 26.8. The van der Waals surface area contributed by atoms with Gasteiger partial charge in [0.2, 0.25) is 0 Å². The molecular formula is C20H23F3N4O4S. The van der Waals surface area contributed by atoms with Gasteiger partial charge in [-0.25, -0.2) is 18.6 Å². The third-order valence-electron chi connectivity index (χ3n) is 6.95. The summed E-state index contributed by atoms with van der Waals surface area (Å²) in [7, 11) is -4.85. The van der Waals surface area contributed by atoms with Crippen LogP contribution < -0.4 is 5.32 Å². The summed E-state index contributed by atoms with van der Waals surface area (Å²) in [5.74, 6) is 0.285. The third-order valence-corrected chi connectivity index (χ3v) is 8.52. The minimum Gasteiger partial charge on any atom is -0.447 e.